The lowest BCUT2D eigenvalue weighted by atomic mass is 10.2. The molecule has 0 aliphatic carbocycles. The molecule has 2 aromatic heterocycles. The fourth-order valence-electron chi connectivity index (χ4n) is 2.38. The van der Waals surface area contributed by atoms with Crippen LogP contribution in [0.3, 0.4) is 0 Å². The monoisotopic (exact) mass is 286 g/mol. The Labute approximate surface area is 122 Å². The quantitative estimate of drug-likeness (QED) is 0.727. The van der Waals surface area contributed by atoms with Gasteiger partial charge in [-0.3, -0.25) is 4.98 Å². The van der Waals surface area contributed by atoms with Gasteiger partial charge in [-0.1, -0.05) is 11.6 Å². The summed E-state index contributed by atoms with van der Waals surface area (Å²) in [6, 6.07) is 7.67. The van der Waals surface area contributed by atoms with Crippen molar-refractivity contribution in [2.75, 3.05) is 5.73 Å². The first-order valence-corrected chi connectivity index (χ1v) is 6.83. The number of pyridine rings is 1. The van der Waals surface area contributed by atoms with Crippen molar-refractivity contribution in [2.24, 2.45) is 0 Å². The van der Waals surface area contributed by atoms with Gasteiger partial charge in [-0.2, -0.15) is 0 Å². The van der Waals surface area contributed by atoms with Crippen LogP contribution >= 0.6 is 11.6 Å². The predicted octanol–water partition coefficient (Wildman–Crippen LogP) is 3.91. The van der Waals surface area contributed by atoms with E-state index in [1.165, 1.54) is 0 Å². The summed E-state index contributed by atoms with van der Waals surface area (Å²) in [5, 5.41) is 0.643. The molecule has 0 fully saturated rings. The van der Waals surface area contributed by atoms with E-state index in [2.05, 4.69) is 28.4 Å². The maximum absolute atomic E-state index is 6.31. The van der Waals surface area contributed by atoms with Crippen LogP contribution in [0.4, 0.5) is 5.69 Å². The highest BCUT2D eigenvalue weighted by Crippen LogP contribution is 2.33. The Hall–Kier alpha value is -2.07. The Morgan fingerprint density at radius 1 is 1.25 bits per heavy atom. The summed E-state index contributed by atoms with van der Waals surface area (Å²) in [5.41, 5.74) is 9.29. The molecule has 0 unspecified atom stereocenters. The minimum atomic E-state index is 0.259. The molecule has 0 aliphatic rings. The van der Waals surface area contributed by atoms with E-state index >= 15 is 0 Å². The highest BCUT2D eigenvalue weighted by atomic mass is 35.5. The number of nitrogens with two attached hydrogens (primary N) is 1. The van der Waals surface area contributed by atoms with E-state index in [1.807, 2.05) is 12.1 Å². The molecule has 102 valence electrons. The summed E-state index contributed by atoms with van der Waals surface area (Å²) in [7, 11) is 0. The molecular formula is C15H15ClN4. The van der Waals surface area contributed by atoms with Crippen molar-refractivity contribution in [1.82, 2.24) is 14.5 Å². The summed E-state index contributed by atoms with van der Waals surface area (Å²) in [6.07, 6.45) is 3.53. The van der Waals surface area contributed by atoms with E-state index < -0.39 is 0 Å². The van der Waals surface area contributed by atoms with Crippen LogP contribution in [0.5, 0.6) is 0 Å². The topological polar surface area (TPSA) is 56.7 Å². The van der Waals surface area contributed by atoms with Gasteiger partial charge in [0.15, 0.2) is 0 Å². The molecule has 0 saturated heterocycles. The van der Waals surface area contributed by atoms with Gasteiger partial charge in [0.05, 0.1) is 16.7 Å². The van der Waals surface area contributed by atoms with Crippen molar-refractivity contribution in [3.63, 3.8) is 0 Å². The molecule has 0 saturated carbocycles. The number of nitrogen functional groups attached to an aromatic ring is 1. The lowest BCUT2D eigenvalue weighted by Gasteiger charge is -2.14. The van der Waals surface area contributed by atoms with Gasteiger partial charge in [0.1, 0.15) is 11.3 Å². The number of imidazole rings is 1. The van der Waals surface area contributed by atoms with E-state index in [0.717, 1.165) is 22.4 Å². The number of rotatable bonds is 2. The molecule has 4 nitrogen and oxygen atoms in total. The van der Waals surface area contributed by atoms with Gasteiger partial charge in [0, 0.05) is 23.5 Å². The van der Waals surface area contributed by atoms with E-state index in [0.29, 0.717) is 10.7 Å². The van der Waals surface area contributed by atoms with Gasteiger partial charge in [-0.25, -0.2) is 4.98 Å². The molecule has 2 N–H and O–H groups in total. The normalized spacial score (nSPS) is 11.4. The smallest absolute Gasteiger partial charge is 0.143 e. The zero-order valence-electron chi connectivity index (χ0n) is 11.3. The molecule has 0 radical (unpaired) electrons. The Balaban J connectivity index is 2.35. The standard InChI is InChI=1S/C15H15ClN4/c1-9(2)20-14-5-6-18-8-13(14)19-15(20)11-7-10(17)3-4-12(11)16/h3-9H,17H2,1-2H3. The van der Waals surface area contributed by atoms with E-state index in [4.69, 9.17) is 17.3 Å². The Kier molecular flexibility index (Phi) is 3.10. The van der Waals surface area contributed by atoms with Crippen LogP contribution in [0.2, 0.25) is 5.02 Å². The van der Waals surface area contributed by atoms with E-state index in [9.17, 15) is 0 Å². The highest BCUT2D eigenvalue weighted by molar-refractivity contribution is 6.33. The SMILES string of the molecule is CC(C)n1c(-c2cc(N)ccc2Cl)nc2cnccc21. The fourth-order valence-corrected chi connectivity index (χ4v) is 2.58. The van der Waals surface area contributed by atoms with Gasteiger partial charge in [0.25, 0.3) is 0 Å². The first kappa shape index (κ1) is 12.9. The molecule has 3 rings (SSSR count). The number of hydrogen-bond acceptors (Lipinski definition) is 3. The van der Waals surface area contributed by atoms with E-state index in [-0.39, 0.29) is 6.04 Å². The first-order chi connectivity index (χ1) is 9.58. The van der Waals surface area contributed by atoms with Gasteiger partial charge >= 0.3 is 0 Å². The number of hydrogen-bond donors (Lipinski definition) is 1. The number of anilines is 1. The maximum atomic E-state index is 6.31. The molecule has 0 amide bonds. The van der Waals surface area contributed by atoms with Crippen LogP contribution in [0.15, 0.2) is 36.7 Å². The van der Waals surface area contributed by atoms with E-state index in [1.54, 1.807) is 24.5 Å². The molecule has 0 spiro atoms. The number of nitrogens with zero attached hydrogens (tertiary/aromatic N) is 3. The Morgan fingerprint density at radius 3 is 2.80 bits per heavy atom. The number of aromatic nitrogens is 3. The van der Waals surface area contributed by atoms with Crippen molar-refractivity contribution in [1.29, 1.82) is 0 Å². The van der Waals surface area contributed by atoms with Crippen molar-refractivity contribution >= 4 is 28.3 Å². The molecule has 2 heterocycles. The number of halogens is 1. The Morgan fingerprint density at radius 2 is 2.05 bits per heavy atom. The lowest BCUT2D eigenvalue weighted by molar-refractivity contribution is 0.624. The predicted molar refractivity (Wildman–Crippen MR) is 82.8 cm³/mol. The summed E-state index contributed by atoms with van der Waals surface area (Å²) in [6.45, 7) is 4.23. The Bertz CT molecular complexity index is 777. The van der Waals surface area contributed by atoms with Gasteiger partial charge in [0.2, 0.25) is 0 Å². The van der Waals surface area contributed by atoms with Gasteiger partial charge in [-0.15, -0.1) is 0 Å². The van der Waals surface area contributed by atoms with Crippen molar-refractivity contribution in [3.05, 3.63) is 41.7 Å². The van der Waals surface area contributed by atoms with Crippen LogP contribution in [0.25, 0.3) is 22.4 Å². The lowest BCUT2D eigenvalue weighted by Crippen LogP contribution is -2.03. The second-order valence-electron chi connectivity index (χ2n) is 5.00. The third-order valence-corrected chi connectivity index (χ3v) is 3.57. The molecule has 20 heavy (non-hydrogen) atoms. The van der Waals surface area contributed by atoms with Crippen LogP contribution in [-0.4, -0.2) is 14.5 Å². The average Bonchev–Trinajstić information content (AvgIpc) is 2.80. The third-order valence-electron chi connectivity index (χ3n) is 3.24. The second-order valence-corrected chi connectivity index (χ2v) is 5.41. The van der Waals surface area contributed by atoms with Crippen molar-refractivity contribution in [3.8, 4) is 11.4 Å². The fraction of sp³-hybridized carbons (Fsp3) is 0.200. The van der Waals surface area contributed by atoms with Crippen LogP contribution in [-0.2, 0) is 0 Å². The average molecular weight is 287 g/mol. The summed E-state index contributed by atoms with van der Waals surface area (Å²) in [5.74, 6) is 0.820. The van der Waals surface area contributed by atoms with Crippen LogP contribution in [0, 0.1) is 0 Å². The molecular weight excluding hydrogens is 272 g/mol. The minimum absolute atomic E-state index is 0.259. The summed E-state index contributed by atoms with van der Waals surface area (Å²) in [4.78, 5) is 8.79. The van der Waals surface area contributed by atoms with Crippen LogP contribution < -0.4 is 5.73 Å². The molecule has 0 atom stereocenters. The molecule has 0 aliphatic heterocycles. The second kappa shape index (κ2) is 4.80. The zero-order chi connectivity index (χ0) is 14.3. The molecule has 5 heteroatoms. The number of fused-ring (bicyclic) bond motifs is 1. The number of benzene rings is 1. The third kappa shape index (κ3) is 2.02. The first-order valence-electron chi connectivity index (χ1n) is 6.45. The summed E-state index contributed by atoms with van der Waals surface area (Å²) < 4.78 is 2.15. The highest BCUT2D eigenvalue weighted by Gasteiger charge is 2.17. The van der Waals surface area contributed by atoms with Crippen LogP contribution in [0.1, 0.15) is 19.9 Å². The molecule has 1 aromatic carbocycles. The van der Waals surface area contributed by atoms with Gasteiger partial charge in [-0.05, 0) is 38.1 Å². The summed E-state index contributed by atoms with van der Waals surface area (Å²) >= 11 is 6.31. The molecule has 3 aromatic rings. The zero-order valence-corrected chi connectivity index (χ0v) is 12.1. The largest absolute Gasteiger partial charge is 0.399 e. The van der Waals surface area contributed by atoms with Crippen molar-refractivity contribution < 1.29 is 0 Å². The molecule has 0 bridgehead atoms. The minimum Gasteiger partial charge on any atom is -0.399 e. The van der Waals surface area contributed by atoms with Crippen molar-refractivity contribution in [2.45, 2.75) is 19.9 Å². The van der Waals surface area contributed by atoms with Gasteiger partial charge < -0.3 is 10.3 Å². The maximum Gasteiger partial charge on any atom is 0.143 e.